The Morgan fingerprint density at radius 2 is 1.60 bits per heavy atom. The van der Waals surface area contributed by atoms with E-state index in [0.717, 1.165) is 42.6 Å². The third-order valence-electron chi connectivity index (χ3n) is 7.56. The second-order valence-corrected chi connectivity index (χ2v) is 12.7. The van der Waals surface area contributed by atoms with Crippen molar-refractivity contribution in [1.29, 1.82) is 0 Å². The molecule has 6 rings (SSSR count). The molecule has 2 fully saturated rings. The van der Waals surface area contributed by atoms with E-state index in [-0.39, 0.29) is 34.6 Å². The van der Waals surface area contributed by atoms with Crippen molar-refractivity contribution in [2.45, 2.75) is 82.2 Å². The lowest BCUT2D eigenvalue weighted by Gasteiger charge is -2.18. The summed E-state index contributed by atoms with van der Waals surface area (Å²) < 4.78 is 25.8. The minimum atomic E-state index is -3.40. The Labute approximate surface area is 231 Å². The number of nitrogens with zero attached hydrogens (tertiary/aromatic N) is 8. The molecule has 0 radical (unpaired) electrons. The molecule has 0 saturated heterocycles. The molecule has 1 unspecified atom stereocenters. The first-order valence-electron chi connectivity index (χ1n) is 13.7. The highest BCUT2D eigenvalue weighted by molar-refractivity contribution is 7.91. The zero-order valence-corrected chi connectivity index (χ0v) is 23.5. The molecule has 4 aromatic rings. The molecule has 2 aliphatic carbocycles. The van der Waals surface area contributed by atoms with Gasteiger partial charge >= 0.3 is 0 Å². The first-order chi connectivity index (χ1) is 19.3. The highest BCUT2D eigenvalue weighted by Gasteiger charge is 2.35. The molecule has 0 amide bonds. The van der Waals surface area contributed by atoms with Gasteiger partial charge in [0.05, 0.1) is 35.4 Å². The zero-order chi connectivity index (χ0) is 28.0. The van der Waals surface area contributed by atoms with Crippen molar-refractivity contribution in [1.82, 2.24) is 39.5 Å². The first kappa shape index (κ1) is 26.4. The van der Waals surface area contributed by atoms with Crippen LogP contribution in [0.3, 0.4) is 0 Å². The summed E-state index contributed by atoms with van der Waals surface area (Å²) in [4.78, 5) is 45.5. The highest BCUT2D eigenvalue weighted by atomic mass is 32.2. The summed E-state index contributed by atoms with van der Waals surface area (Å²) >= 11 is 0. The number of anilines is 1. The minimum absolute atomic E-state index is 0.0327. The Kier molecular flexibility index (Phi) is 6.77. The molecule has 208 valence electrons. The van der Waals surface area contributed by atoms with Crippen molar-refractivity contribution in [2.24, 2.45) is 0 Å². The molecule has 4 heterocycles. The highest BCUT2D eigenvalue weighted by Crippen LogP contribution is 2.48. The van der Waals surface area contributed by atoms with E-state index in [1.165, 1.54) is 12.4 Å². The fourth-order valence-electron chi connectivity index (χ4n) is 4.73. The van der Waals surface area contributed by atoms with Gasteiger partial charge in [-0.1, -0.05) is 13.8 Å². The summed E-state index contributed by atoms with van der Waals surface area (Å²) in [6.45, 7) is 5.65. The van der Waals surface area contributed by atoms with E-state index in [1.54, 1.807) is 24.0 Å². The Morgan fingerprint density at radius 3 is 2.17 bits per heavy atom. The summed E-state index contributed by atoms with van der Waals surface area (Å²) in [6, 6.07) is -0.145. The number of nitrogens with one attached hydrogen (secondary N) is 1. The summed E-state index contributed by atoms with van der Waals surface area (Å²) in [5.74, 6) is 1.76. The third-order valence-corrected chi connectivity index (χ3v) is 9.24. The van der Waals surface area contributed by atoms with Crippen molar-refractivity contribution in [3.63, 3.8) is 0 Å². The maximum absolute atomic E-state index is 13.7. The molecule has 12 nitrogen and oxygen atoms in total. The van der Waals surface area contributed by atoms with Crippen LogP contribution in [-0.4, -0.2) is 53.6 Å². The second kappa shape index (κ2) is 10.3. The molecule has 0 spiro atoms. The van der Waals surface area contributed by atoms with Gasteiger partial charge in [0.15, 0.2) is 27.1 Å². The van der Waals surface area contributed by atoms with E-state index in [1.807, 2.05) is 13.8 Å². The normalized spacial score (nSPS) is 16.3. The molecule has 2 saturated carbocycles. The Balaban J connectivity index is 1.38. The zero-order valence-electron chi connectivity index (χ0n) is 22.7. The lowest BCUT2D eigenvalue weighted by atomic mass is 10.0. The van der Waals surface area contributed by atoms with E-state index < -0.39 is 9.84 Å². The van der Waals surface area contributed by atoms with Crippen molar-refractivity contribution in [3.8, 4) is 11.4 Å². The lowest BCUT2D eigenvalue weighted by Crippen LogP contribution is -2.28. The van der Waals surface area contributed by atoms with E-state index >= 15 is 0 Å². The van der Waals surface area contributed by atoms with Crippen LogP contribution in [0, 0.1) is 0 Å². The van der Waals surface area contributed by atoms with Crippen LogP contribution in [-0.2, 0) is 16.4 Å². The van der Waals surface area contributed by atoms with E-state index in [0.29, 0.717) is 41.1 Å². The fourth-order valence-corrected chi connectivity index (χ4v) is 5.49. The summed E-state index contributed by atoms with van der Waals surface area (Å²) in [5, 5.41) is 3.03. The predicted molar refractivity (Wildman–Crippen MR) is 149 cm³/mol. The molecule has 0 aliphatic heterocycles. The number of aromatic nitrogens is 8. The molecule has 2 aliphatic rings. The Bertz CT molecular complexity index is 1720. The second-order valence-electron chi connectivity index (χ2n) is 10.5. The van der Waals surface area contributed by atoms with Gasteiger partial charge in [-0.3, -0.25) is 9.36 Å². The summed E-state index contributed by atoms with van der Waals surface area (Å²) in [6.07, 6.45) is 11.0. The van der Waals surface area contributed by atoms with Crippen LogP contribution in [0.25, 0.3) is 22.6 Å². The number of hydrogen-bond acceptors (Lipinski definition) is 11. The van der Waals surface area contributed by atoms with Gasteiger partial charge in [-0.2, -0.15) is 0 Å². The third kappa shape index (κ3) is 4.93. The molecule has 1 atom stereocenters. The van der Waals surface area contributed by atoms with Crippen LogP contribution in [0.15, 0.2) is 34.6 Å². The summed E-state index contributed by atoms with van der Waals surface area (Å²) in [7, 11) is -3.40. The molecular weight excluding hydrogens is 530 g/mol. The van der Waals surface area contributed by atoms with Gasteiger partial charge < -0.3 is 5.32 Å². The number of rotatable bonds is 10. The average Bonchev–Trinajstić information content (AvgIpc) is 3.89. The van der Waals surface area contributed by atoms with E-state index in [9.17, 15) is 13.2 Å². The summed E-state index contributed by atoms with van der Waals surface area (Å²) in [5.41, 5.74) is 3.54. The van der Waals surface area contributed by atoms with Crippen molar-refractivity contribution in [2.75, 3.05) is 11.1 Å². The topological polar surface area (TPSA) is 158 Å². The van der Waals surface area contributed by atoms with Crippen LogP contribution >= 0.6 is 0 Å². The molecule has 0 bridgehead atoms. The number of hydrogen-bond donors (Lipinski definition) is 1. The maximum Gasteiger partial charge on any atom is 0.295 e. The monoisotopic (exact) mass is 561 g/mol. The molecule has 40 heavy (non-hydrogen) atoms. The Hall–Kier alpha value is -3.87. The largest absolute Gasteiger partial charge is 0.358 e. The van der Waals surface area contributed by atoms with Gasteiger partial charge in [0.2, 0.25) is 0 Å². The molecule has 1 N–H and O–H groups in total. The van der Waals surface area contributed by atoms with Crippen LogP contribution in [0.5, 0.6) is 0 Å². The van der Waals surface area contributed by atoms with Crippen molar-refractivity contribution < 1.29 is 8.42 Å². The molecule has 0 aromatic carbocycles. The SMILES string of the molecule is CCC(C)n1c(=O)c(NCc2ncc(S(=O)(=O)CC)cn2)nc2cnc(-c3c(C4CC4)ncnc3C3CC3)nc21. The maximum atomic E-state index is 13.7. The van der Waals surface area contributed by atoms with Gasteiger partial charge in [0.25, 0.3) is 5.56 Å². The van der Waals surface area contributed by atoms with Crippen LogP contribution in [0.2, 0.25) is 0 Å². The number of fused-ring (bicyclic) bond motifs is 1. The van der Waals surface area contributed by atoms with Gasteiger partial charge in [-0.25, -0.2) is 43.3 Å². The van der Waals surface area contributed by atoms with Crippen molar-refractivity contribution in [3.05, 3.63) is 52.5 Å². The fraction of sp³-hybridized carbons (Fsp3) is 0.481. The smallest absolute Gasteiger partial charge is 0.295 e. The van der Waals surface area contributed by atoms with Gasteiger partial charge in [0, 0.05) is 30.3 Å². The van der Waals surface area contributed by atoms with E-state index in [4.69, 9.17) is 9.97 Å². The van der Waals surface area contributed by atoms with Gasteiger partial charge in [0.1, 0.15) is 22.6 Å². The van der Waals surface area contributed by atoms with Crippen LogP contribution < -0.4 is 10.9 Å². The lowest BCUT2D eigenvalue weighted by molar-refractivity contribution is 0.526. The molecule has 13 heteroatoms. The van der Waals surface area contributed by atoms with Crippen LogP contribution in [0.4, 0.5) is 5.82 Å². The molecular formula is C27H31N9O3S. The molecule has 4 aromatic heterocycles. The average molecular weight is 562 g/mol. The first-order valence-corrected chi connectivity index (χ1v) is 15.4. The van der Waals surface area contributed by atoms with Crippen molar-refractivity contribution >= 4 is 26.8 Å². The quantitative estimate of drug-likeness (QED) is 0.302. The van der Waals surface area contributed by atoms with Crippen LogP contribution in [0.1, 0.15) is 88.0 Å². The van der Waals surface area contributed by atoms with Gasteiger partial charge in [-0.05, 0) is 39.0 Å². The number of sulfone groups is 1. The minimum Gasteiger partial charge on any atom is -0.358 e. The van der Waals surface area contributed by atoms with E-state index in [2.05, 4.69) is 30.2 Å². The Morgan fingerprint density at radius 1 is 0.950 bits per heavy atom. The predicted octanol–water partition coefficient (Wildman–Crippen LogP) is 3.57. The standard InChI is InChI=1S/C27H31N9O3S/c1-4-15(3)36-26-19(34-25(27(36)37)31-13-20-28-10-18(11-29-20)40(38,39)5-2)12-30-24(35-26)21-22(16-6-7-16)32-14-33-23(21)17-8-9-17/h10-12,14-17H,4-9,13H2,1-3H3,(H,31,34). The van der Waals surface area contributed by atoms with Gasteiger partial charge in [-0.15, -0.1) is 0 Å².